The summed E-state index contributed by atoms with van der Waals surface area (Å²) in [6.07, 6.45) is 4.99. The maximum atomic E-state index is 10.7. The van der Waals surface area contributed by atoms with Gasteiger partial charge in [-0.1, -0.05) is 13.3 Å². The summed E-state index contributed by atoms with van der Waals surface area (Å²) in [5.74, 6) is 0.724. The Hall–Kier alpha value is -1.55. The van der Waals surface area contributed by atoms with Crippen molar-refractivity contribution >= 4 is 5.97 Å². The Morgan fingerprint density at radius 3 is 2.81 bits per heavy atom. The molecule has 0 bridgehead atoms. The van der Waals surface area contributed by atoms with Gasteiger partial charge in [0.2, 0.25) is 0 Å². The lowest BCUT2D eigenvalue weighted by atomic mass is 10.0. The number of aromatic carboxylic acids is 1. The molecule has 1 N–H and O–H groups in total. The molecule has 1 aliphatic rings. The van der Waals surface area contributed by atoms with Crippen LogP contribution >= 0.6 is 0 Å². The van der Waals surface area contributed by atoms with Gasteiger partial charge in [-0.15, -0.1) is 0 Å². The van der Waals surface area contributed by atoms with Crippen LogP contribution in [0.2, 0.25) is 0 Å². The van der Waals surface area contributed by atoms with E-state index < -0.39 is 5.97 Å². The summed E-state index contributed by atoms with van der Waals surface area (Å²) in [5.41, 5.74) is 0.293. The molecule has 1 atom stereocenters. The zero-order valence-corrected chi connectivity index (χ0v) is 12.8. The van der Waals surface area contributed by atoms with Gasteiger partial charge in [-0.25, -0.2) is 4.79 Å². The number of carboxylic acids is 1. The van der Waals surface area contributed by atoms with E-state index in [4.69, 9.17) is 9.84 Å². The van der Waals surface area contributed by atoms with Crippen molar-refractivity contribution in [2.75, 3.05) is 26.2 Å². The molecule has 116 valence electrons. The highest BCUT2D eigenvalue weighted by molar-refractivity contribution is 5.87. The van der Waals surface area contributed by atoms with Gasteiger partial charge < -0.3 is 14.7 Å². The van der Waals surface area contributed by atoms with E-state index in [1.807, 2.05) is 0 Å². The van der Waals surface area contributed by atoms with E-state index in [9.17, 15) is 4.79 Å². The summed E-state index contributed by atoms with van der Waals surface area (Å²) in [5, 5.41) is 8.82. The summed E-state index contributed by atoms with van der Waals surface area (Å²) in [7, 11) is 0. The van der Waals surface area contributed by atoms with Crippen LogP contribution in [-0.4, -0.2) is 42.2 Å². The Labute approximate surface area is 126 Å². The van der Waals surface area contributed by atoms with Crippen molar-refractivity contribution in [3.8, 4) is 5.75 Å². The van der Waals surface area contributed by atoms with Gasteiger partial charge in [0.1, 0.15) is 5.75 Å². The van der Waals surface area contributed by atoms with Crippen LogP contribution in [0.1, 0.15) is 43.0 Å². The summed E-state index contributed by atoms with van der Waals surface area (Å²) >= 11 is 0. The van der Waals surface area contributed by atoms with E-state index in [-0.39, 0.29) is 0 Å². The third kappa shape index (κ3) is 5.05. The van der Waals surface area contributed by atoms with Gasteiger partial charge in [0.05, 0.1) is 12.2 Å². The molecule has 1 aromatic carbocycles. The Morgan fingerprint density at radius 1 is 1.38 bits per heavy atom. The first-order valence-corrected chi connectivity index (χ1v) is 7.87. The average molecular weight is 291 g/mol. The van der Waals surface area contributed by atoms with Crippen molar-refractivity contribution in [3.63, 3.8) is 0 Å². The molecule has 1 aliphatic heterocycles. The molecule has 0 aliphatic carbocycles. The fourth-order valence-electron chi connectivity index (χ4n) is 2.93. The maximum Gasteiger partial charge on any atom is 0.335 e. The molecule has 0 saturated carbocycles. The number of nitrogens with zero attached hydrogens (tertiary/aromatic N) is 1. The minimum atomic E-state index is -0.905. The molecule has 21 heavy (non-hydrogen) atoms. The number of benzene rings is 1. The lowest BCUT2D eigenvalue weighted by Gasteiger charge is -2.16. The van der Waals surface area contributed by atoms with E-state index in [2.05, 4.69) is 11.8 Å². The van der Waals surface area contributed by atoms with E-state index in [0.29, 0.717) is 12.2 Å². The molecular formula is C17H25NO3. The minimum absolute atomic E-state index is 0.293. The fraction of sp³-hybridized carbons (Fsp3) is 0.588. The number of hydrogen-bond acceptors (Lipinski definition) is 3. The van der Waals surface area contributed by atoms with Gasteiger partial charge >= 0.3 is 5.97 Å². The third-order valence-electron chi connectivity index (χ3n) is 4.06. The third-order valence-corrected chi connectivity index (χ3v) is 4.06. The van der Waals surface area contributed by atoms with Crippen molar-refractivity contribution in [3.05, 3.63) is 29.8 Å². The molecular weight excluding hydrogens is 266 g/mol. The lowest BCUT2D eigenvalue weighted by Crippen LogP contribution is -2.23. The molecule has 1 saturated heterocycles. The summed E-state index contributed by atoms with van der Waals surface area (Å²) in [6.45, 7) is 6.49. The standard InChI is InChI=1S/C17H25NO3/c1-2-4-14-9-11-18(13-14)10-3-12-21-16-7-5-15(6-8-16)17(19)20/h5-8,14H,2-4,9-13H2,1H3,(H,19,20). The van der Waals surface area contributed by atoms with Gasteiger partial charge in [-0.05, 0) is 56.0 Å². The first-order valence-electron chi connectivity index (χ1n) is 7.87. The Morgan fingerprint density at radius 2 is 2.14 bits per heavy atom. The molecule has 4 heteroatoms. The molecule has 0 radical (unpaired) electrons. The van der Waals surface area contributed by atoms with Crippen LogP contribution in [0.25, 0.3) is 0 Å². The number of ether oxygens (including phenoxy) is 1. The van der Waals surface area contributed by atoms with Crippen molar-refractivity contribution in [1.29, 1.82) is 0 Å². The van der Waals surface area contributed by atoms with Crippen LogP contribution in [0.15, 0.2) is 24.3 Å². The number of carboxylic acid groups (broad SMARTS) is 1. The first kappa shape index (κ1) is 15.8. The predicted octanol–water partition coefficient (Wildman–Crippen LogP) is 3.28. The van der Waals surface area contributed by atoms with Crippen LogP contribution < -0.4 is 4.74 Å². The summed E-state index contributed by atoms with van der Waals surface area (Å²) in [6, 6.07) is 6.59. The fourth-order valence-corrected chi connectivity index (χ4v) is 2.93. The number of likely N-dealkylation sites (tertiary alicyclic amines) is 1. The highest BCUT2D eigenvalue weighted by atomic mass is 16.5. The molecule has 0 spiro atoms. The van der Waals surface area contributed by atoms with Crippen LogP contribution in [0, 0.1) is 5.92 Å². The second-order valence-corrected chi connectivity index (χ2v) is 5.78. The Bertz CT molecular complexity index is 444. The van der Waals surface area contributed by atoms with Gasteiger partial charge in [0.25, 0.3) is 0 Å². The van der Waals surface area contributed by atoms with Crippen molar-refractivity contribution in [1.82, 2.24) is 4.90 Å². The van der Waals surface area contributed by atoms with Crippen molar-refractivity contribution in [2.45, 2.75) is 32.6 Å². The summed E-state index contributed by atoms with van der Waals surface area (Å²) in [4.78, 5) is 13.3. The molecule has 1 heterocycles. The lowest BCUT2D eigenvalue weighted by molar-refractivity contribution is 0.0697. The zero-order valence-electron chi connectivity index (χ0n) is 12.8. The highest BCUT2D eigenvalue weighted by Crippen LogP contribution is 2.20. The second kappa shape index (κ2) is 8.03. The van der Waals surface area contributed by atoms with E-state index in [0.717, 1.165) is 24.6 Å². The highest BCUT2D eigenvalue weighted by Gasteiger charge is 2.20. The molecule has 1 aromatic rings. The van der Waals surface area contributed by atoms with Crippen LogP contribution in [-0.2, 0) is 0 Å². The largest absolute Gasteiger partial charge is 0.494 e. The normalized spacial score (nSPS) is 18.8. The average Bonchev–Trinajstić information content (AvgIpc) is 2.92. The topological polar surface area (TPSA) is 49.8 Å². The molecule has 0 aromatic heterocycles. The van der Waals surface area contributed by atoms with Crippen molar-refractivity contribution < 1.29 is 14.6 Å². The van der Waals surface area contributed by atoms with Crippen LogP contribution in [0.3, 0.4) is 0 Å². The molecule has 0 amide bonds. The summed E-state index contributed by atoms with van der Waals surface area (Å²) < 4.78 is 5.66. The molecule has 2 rings (SSSR count). The SMILES string of the molecule is CCCC1CCN(CCCOc2ccc(C(=O)O)cc2)C1. The maximum absolute atomic E-state index is 10.7. The monoisotopic (exact) mass is 291 g/mol. The van der Waals surface area contributed by atoms with Crippen molar-refractivity contribution in [2.24, 2.45) is 5.92 Å². The molecule has 1 fully saturated rings. The number of hydrogen-bond donors (Lipinski definition) is 1. The smallest absolute Gasteiger partial charge is 0.335 e. The quantitative estimate of drug-likeness (QED) is 0.747. The van der Waals surface area contributed by atoms with Crippen LogP contribution in [0.5, 0.6) is 5.75 Å². The van der Waals surface area contributed by atoms with Crippen LogP contribution in [0.4, 0.5) is 0 Å². The molecule has 4 nitrogen and oxygen atoms in total. The Balaban J connectivity index is 1.62. The van der Waals surface area contributed by atoms with Gasteiger partial charge in [-0.2, -0.15) is 0 Å². The van der Waals surface area contributed by atoms with Gasteiger partial charge in [-0.3, -0.25) is 0 Å². The first-order chi connectivity index (χ1) is 10.2. The minimum Gasteiger partial charge on any atom is -0.494 e. The number of carbonyl (C=O) groups is 1. The Kier molecular flexibility index (Phi) is 6.05. The van der Waals surface area contributed by atoms with Gasteiger partial charge in [0, 0.05) is 13.1 Å². The number of rotatable bonds is 8. The molecule has 1 unspecified atom stereocenters. The zero-order chi connectivity index (χ0) is 15.1. The predicted molar refractivity (Wildman–Crippen MR) is 83.0 cm³/mol. The van der Waals surface area contributed by atoms with Gasteiger partial charge in [0.15, 0.2) is 0 Å². The van der Waals surface area contributed by atoms with E-state index >= 15 is 0 Å². The van der Waals surface area contributed by atoms with E-state index in [1.54, 1.807) is 24.3 Å². The van der Waals surface area contributed by atoms with E-state index in [1.165, 1.54) is 32.4 Å². The second-order valence-electron chi connectivity index (χ2n) is 5.78.